The Bertz CT molecular complexity index is 57.1. The molecule has 1 saturated heterocycles. The largest absolute Gasteiger partial charge is 0.378 e. The van der Waals surface area contributed by atoms with Crippen molar-refractivity contribution in [3.05, 3.63) is 0 Å². The summed E-state index contributed by atoms with van der Waals surface area (Å²) in [5, 5.41) is 0. The minimum atomic E-state index is -0.708. The smallest absolute Gasteiger partial charge is 0.128 e. The molecule has 0 radical (unpaired) electrons. The molecule has 2 heteroatoms. The van der Waals surface area contributed by atoms with Crippen molar-refractivity contribution in [2.75, 3.05) is 13.2 Å². The Morgan fingerprint density at radius 2 is 2.29 bits per heavy atom. The topological polar surface area (TPSA) is 9.23 Å². The van der Waals surface area contributed by atoms with Crippen molar-refractivity contribution in [1.29, 1.82) is 0 Å². The summed E-state index contributed by atoms with van der Waals surface area (Å²) in [5.74, 6) is 0.125. The molecular formula is C5H9FO. The van der Waals surface area contributed by atoms with Crippen LogP contribution in [0.5, 0.6) is 0 Å². The summed E-state index contributed by atoms with van der Waals surface area (Å²) >= 11 is 0. The summed E-state index contributed by atoms with van der Waals surface area (Å²) in [4.78, 5) is 0. The molecule has 1 fully saturated rings. The number of hydrogen-bond donors (Lipinski definition) is 0. The van der Waals surface area contributed by atoms with E-state index in [1.165, 1.54) is 0 Å². The first-order valence-corrected chi connectivity index (χ1v) is 2.52. The van der Waals surface area contributed by atoms with Crippen molar-refractivity contribution >= 4 is 0 Å². The van der Waals surface area contributed by atoms with Crippen LogP contribution in [0.25, 0.3) is 0 Å². The second-order valence-electron chi connectivity index (χ2n) is 2.03. The van der Waals surface area contributed by atoms with Crippen LogP contribution in [0.3, 0.4) is 0 Å². The van der Waals surface area contributed by atoms with Gasteiger partial charge in [0, 0.05) is 5.92 Å². The Morgan fingerprint density at radius 3 is 2.43 bits per heavy atom. The molecule has 0 aromatic carbocycles. The predicted molar refractivity (Wildman–Crippen MR) is 24.9 cm³/mol. The summed E-state index contributed by atoms with van der Waals surface area (Å²) in [6.45, 7) is 2.76. The molecule has 0 aliphatic carbocycles. The maximum Gasteiger partial charge on any atom is 0.128 e. The number of alkyl halides is 1. The van der Waals surface area contributed by atoms with E-state index < -0.39 is 6.17 Å². The van der Waals surface area contributed by atoms with E-state index in [-0.39, 0.29) is 5.92 Å². The van der Waals surface area contributed by atoms with E-state index in [9.17, 15) is 4.39 Å². The maximum absolute atomic E-state index is 12.2. The third-order valence-electron chi connectivity index (χ3n) is 1.28. The Balaban J connectivity index is 2.33. The number of ether oxygens (including phenoxy) is 1. The zero-order chi connectivity index (χ0) is 5.28. The highest BCUT2D eigenvalue weighted by molar-refractivity contribution is 4.68. The third-order valence-corrected chi connectivity index (χ3v) is 1.28. The van der Waals surface area contributed by atoms with Gasteiger partial charge in [-0.1, -0.05) is 6.92 Å². The molecule has 0 spiro atoms. The fourth-order valence-corrected chi connectivity index (χ4v) is 0.635. The van der Waals surface area contributed by atoms with E-state index in [1.807, 2.05) is 6.92 Å². The molecule has 2 atom stereocenters. The van der Waals surface area contributed by atoms with Crippen molar-refractivity contribution < 1.29 is 9.13 Å². The average molecular weight is 104 g/mol. The van der Waals surface area contributed by atoms with Crippen LogP contribution in [0.4, 0.5) is 4.39 Å². The lowest BCUT2D eigenvalue weighted by atomic mass is 10.1. The molecule has 1 rings (SSSR count). The second-order valence-corrected chi connectivity index (χ2v) is 2.03. The van der Waals surface area contributed by atoms with E-state index >= 15 is 0 Å². The molecule has 1 nitrogen and oxygen atoms in total. The van der Waals surface area contributed by atoms with Gasteiger partial charge in [0.25, 0.3) is 0 Å². The third kappa shape index (κ3) is 0.911. The van der Waals surface area contributed by atoms with Gasteiger partial charge in [-0.25, -0.2) is 4.39 Å². The minimum Gasteiger partial charge on any atom is -0.378 e. The van der Waals surface area contributed by atoms with Gasteiger partial charge in [-0.2, -0.15) is 0 Å². The van der Waals surface area contributed by atoms with Crippen molar-refractivity contribution in [3.63, 3.8) is 0 Å². The lowest BCUT2D eigenvalue weighted by Crippen LogP contribution is -2.07. The van der Waals surface area contributed by atoms with Crippen LogP contribution >= 0.6 is 0 Å². The van der Waals surface area contributed by atoms with Gasteiger partial charge in [0.2, 0.25) is 0 Å². The molecule has 0 N–H and O–H groups in total. The lowest BCUT2D eigenvalue weighted by Gasteiger charge is -1.97. The zero-order valence-electron chi connectivity index (χ0n) is 4.36. The van der Waals surface area contributed by atoms with Gasteiger partial charge >= 0.3 is 0 Å². The van der Waals surface area contributed by atoms with Gasteiger partial charge in [-0.3, -0.25) is 0 Å². The molecule has 0 saturated carbocycles. The highest BCUT2D eigenvalue weighted by Crippen LogP contribution is 2.14. The van der Waals surface area contributed by atoms with Gasteiger partial charge in [0.1, 0.15) is 6.17 Å². The summed E-state index contributed by atoms with van der Waals surface area (Å²) in [6.07, 6.45) is -0.708. The van der Waals surface area contributed by atoms with Crippen LogP contribution in [0.1, 0.15) is 6.92 Å². The van der Waals surface area contributed by atoms with Gasteiger partial charge in [0.15, 0.2) is 0 Å². The molecule has 0 aromatic heterocycles. The van der Waals surface area contributed by atoms with Crippen LogP contribution in [0, 0.1) is 5.92 Å². The fourth-order valence-electron chi connectivity index (χ4n) is 0.635. The van der Waals surface area contributed by atoms with Gasteiger partial charge in [0.05, 0.1) is 13.2 Å². The van der Waals surface area contributed by atoms with E-state index in [0.29, 0.717) is 13.2 Å². The first-order valence-electron chi connectivity index (χ1n) is 2.52. The van der Waals surface area contributed by atoms with Crippen LogP contribution in [0.2, 0.25) is 0 Å². The van der Waals surface area contributed by atoms with E-state index in [4.69, 9.17) is 4.74 Å². The maximum atomic E-state index is 12.2. The first kappa shape index (κ1) is 5.04. The van der Waals surface area contributed by atoms with Gasteiger partial charge in [-0.15, -0.1) is 0 Å². The molecule has 42 valence electrons. The lowest BCUT2D eigenvalue weighted by molar-refractivity contribution is 0.172. The van der Waals surface area contributed by atoms with E-state index in [1.54, 1.807) is 0 Å². The van der Waals surface area contributed by atoms with Crippen LogP contribution in [0.15, 0.2) is 0 Å². The SMILES string of the molecule is C[C@@H]1COC[C@@H]1F. The van der Waals surface area contributed by atoms with Gasteiger partial charge < -0.3 is 4.74 Å². The summed E-state index contributed by atoms with van der Waals surface area (Å²) in [5.41, 5.74) is 0. The second kappa shape index (κ2) is 1.78. The number of halogens is 1. The highest BCUT2D eigenvalue weighted by Gasteiger charge is 2.22. The number of hydrogen-bond acceptors (Lipinski definition) is 1. The molecule has 1 heterocycles. The van der Waals surface area contributed by atoms with Crippen LogP contribution < -0.4 is 0 Å². The Labute approximate surface area is 42.5 Å². The van der Waals surface area contributed by atoms with Crippen molar-refractivity contribution in [1.82, 2.24) is 0 Å². The molecule has 1 aliphatic rings. The minimum absolute atomic E-state index is 0.125. The van der Waals surface area contributed by atoms with Crippen LogP contribution in [-0.4, -0.2) is 19.4 Å². The fraction of sp³-hybridized carbons (Fsp3) is 1.00. The van der Waals surface area contributed by atoms with E-state index in [2.05, 4.69) is 0 Å². The summed E-state index contributed by atoms with van der Waals surface area (Å²) in [6, 6.07) is 0. The Kier molecular flexibility index (Phi) is 1.28. The standard InChI is InChI=1S/C5H9FO/c1-4-2-7-3-5(4)6/h4-5H,2-3H2,1H3/t4-,5+/m1/s1. The predicted octanol–water partition coefficient (Wildman–Crippen LogP) is 0.991. The monoisotopic (exact) mass is 104 g/mol. The van der Waals surface area contributed by atoms with Crippen molar-refractivity contribution in [2.24, 2.45) is 5.92 Å². The van der Waals surface area contributed by atoms with Crippen molar-refractivity contribution in [3.8, 4) is 0 Å². The molecular weight excluding hydrogens is 95.1 g/mol. The Hall–Kier alpha value is -0.110. The molecule has 7 heavy (non-hydrogen) atoms. The zero-order valence-corrected chi connectivity index (χ0v) is 4.36. The van der Waals surface area contributed by atoms with Crippen molar-refractivity contribution in [2.45, 2.75) is 13.1 Å². The van der Waals surface area contributed by atoms with Crippen LogP contribution in [-0.2, 0) is 4.74 Å². The summed E-state index contributed by atoms with van der Waals surface area (Å²) < 4.78 is 17.0. The van der Waals surface area contributed by atoms with E-state index in [0.717, 1.165) is 0 Å². The molecule has 0 unspecified atom stereocenters. The molecule has 0 aromatic rings. The van der Waals surface area contributed by atoms with Gasteiger partial charge in [-0.05, 0) is 0 Å². The summed E-state index contributed by atoms with van der Waals surface area (Å²) in [7, 11) is 0. The first-order chi connectivity index (χ1) is 3.30. The highest BCUT2D eigenvalue weighted by atomic mass is 19.1. The number of rotatable bonds is 0. The average Bonchev–Trinajstić information content (AvgIpc) is 1.91. The quantitative estimate of drug-likeness (QED) is 0.445. The molecule has 0 amide bonds. The normalized spacial score (nSPS) is 42.0. The molecule has 1 aliphatic heterocycles. The molecule has 0 bridgehead atoms. The Morgan fingerprint density at radius 1 is 1.57 bits per heavy atom.